The summed E-state index contributed by atoms with van der Waals surface area (Å²) in [5, 5.41) is 3.97. The summed E-state index contributed by atoms with van der Waals surface area (Å²) in [4.78, 5) is 23.5. The number of ether oxygens (including phenoxy) is 3. The molecule has 164 valence electrons. The molecule has 1 fully saturated rings. The van der Waals surface area contributed by atoms with Gasteiger partial charge in [-0.05, 0) is 30.9 Å². The Morgan fingerprint density at radius 1 is 1.19 bits per heavy atom. The molecule has 0 aliphatic carbocycles. The van der Waals surface area contributed by atoms with Crippen molar-refractivity contribution in [2.45, 2.75) is 31.8 Å². The van der Waals surface area contributed by atoms with E-state index < -0.39 is 0 Å². The molecular formula is C23H27N3O4S. The average molecular weight is 442 g/mol. The molecule has 0 saturated carbocycles. The number of nitrogens with one attached hydrogen (secondary N) is 1. The highest BCUT2D eigenvalue weighted by Crippen LogP contribution is 2.36. The topological polar surface area (TPSA) is 82.6 Å². The van der Waals surface area contributed by atoms with Crippen LogP contribution in [0.1, 0.15) is 39.5 Å². The first-order chi connectivity index (χ1) is 15.1. The summed E-state index contributed by atoms with van der Waals surface area (Å²) in [6, 6.07) is 10.4. The van der Waals surface area contributed by atoms with Crippen LogP contribution in [-0.4, -0.2) is 49.9 Å². The predicted molar refractivity (Wildman–Crippen MR) is 120 cm³/mol. The van der Waals surface area contributed by atoms with E-state index in [1.807, 2.05) is 25.1 Å². The van der Waals surface area contributed by atoms with Crippen LogP contribution in [0.3, 0.4) is 0 Å². The van der Waals surface area contributed by atoms with E-state index in [1.54, 1.807) is 14.2 Å². The van der Waals surface area contributed by atoms with Crippen molar-refractivity contribution in [3.05, 3.63) is 52.2 Å². The van der Waals surface area contributed by atoms with Gasteiger partial charge < -0.3 is 19.5 Å². The zero-order chi connectivity index (χ0) is 21.8. The standard InChI is InChI=1S/C23H27N3O4S/c1-15-18-21(29-3)25-17(13-28-2)26-22(18)31-19(15)20(27)24-14-23(9-11-30-12-10-23)16-7-5-4-6-8-16/h4-8H,9-14H2,1-3H3,(H,24,27). The highest BCUT2D eigenvalue weighted by molar-refractivity contribution is 7.20. The van der Waals surface area contributed by atoms with E-state index in [4.69, 9.17) is 14.2 Å². The molecule has 1 amide bonds. The van der Waals surface area contributed by atoms with E-state index in [0.29, 0.717) is 36.3 Å². The minimum Gasteiger partial charge on any atom is -0.480 e. The minimum atomic E-state index is -0.122. The third kappa shape index (κ3) is 4.28. The smallest absolute Gasteiger partial charge is 0.261 e. The van der Waals surface area contributed by atoms with Crippen LogP contribution in [0, 0.1) is 6.92 Å². The van der Waals surface area contributed by atoms with Crippen molar-refractivity contribution in [1.29, 1.82) is 0 Å². The molecular weight excluding hydrogens is 414 g/mol. The summed E-state index contributed by atoms with van der Waals surface area (Å²) >= 11 is 1.36. The zero-order valence-electron chi connectivity index (χ0n) is 18.1. The van der Waals surface area contributed by atoms with Crippen LogP contribution in [0.5, 0.6) is 5.88 Å². The highest BCUT2D eigenvalue weighted by Gasteiger charge is 2.35. The van der Waals surface area contributed by atoms with Gasteiger partial charge >= 0.3 is 0 Å². The van der Waals surface area contributed by atoms with Crippen LogP contribution in [0.4, 0.5) is 0 Å². The number of thiophene rings is 1. The Morgan fingerprint density at radius 2 is 1.94 bits per heavy atom. The summed E-state index contributed by atoms with van der Waals surface area (Å²) in [7, 11) is 3.17. The number of benzene rings is 1. The number of carbonyl (C=O) groups is 1. The third-order valence-electron chi connectivity index (χ3n) is 5.90. The molecule has 0 atom stereocenters. The van der Waals surface area contributed by atoms with Gasteiger partial charge in [-0.1, -0.05) is 30.3 Å². The van der Waals surface area contributed by atoms with Crippen molar-refractivity contribution in [3.63, 3.8) is 0 Å². The number of fused-ring (bicyclic) bond motifs is 1. The average Bonchev–Trinajstić information content (AvgIpc) is 3.15. The molecule has 1 aromatic carbocycles. The summed E-state index contributed by atoms with van der Waals surface area (Å²) < 4.78 is 16.2. The molecule has 8 heteroatoms. The monoisotopic (exact) mass is 441 g/mol. The van der Waals surface area contributed by atoms with Crippen LogP contribution in [-0.2, 0) is 21.5 Å². The Hall–Kier alpha value is -2.55. The third-order valence-corrected chi connectivity index (χ3v) is 7.08. The summed E-state index contributed by atoms with van der Waals surface area (Å²) in [6.45, 7) is 4.15. The molecule has 3 aromatic rings. The SMILES string of the molecule is COCc1nc(OC)c2c(C)c(C(=O)NCC3(c4ccccc4)CCOCC3)sc2n1. The number of nitrogens with zero attached hydrogens (tertiary/aromatic N) is 2. The van der Waals surface area contributed by atoms with Crippen molar-refractivity contribution >= 4 is 27.5 Å². The van der Waals surface area contributed by atoms with Crippen molar-refractivity contribution in [3.8, 4) is 5.88 Å². The zero-order valence-corrected chi connectivity index (χ0v) is 18.9. The van der Waals surface area contributed by atoms with E-state index in [0.717, 1.165) is 28.6 Å². The van der Waals surface area contributed by atoms with E-state index in [9.17, 15) is 4.79 Å². The molecule has 1 N–H and O–H groups in total. The van der Waals surface area contributed by atoms with Crippen molar-refractivity contribution in [1.82, 2.24) is 15.3 Å². The van der Waals surface area contributed by atoms with Gasteiger partial charge in [-0.25, -0.2) is 4.98 Å². The summed E-state index contributed by atoms with van der Waals surface area (Å²) in [6.07, 6.45) is 1.75. The number of carbonyl (C=O) groups excluding carboxylic acids is 1. The van der Waals surface area contributed by atoms with E-state index >= 15 is 0 Å². The molecule has 4 rings (SSSR count). The Kier molecular flexibility index (Phi) is 6.50. The first kappa shape index (κ1) is 21.7. The fourth-order valence-corrected chi connectivity index (χ4v) is 5.26. The number of aromatic nitrogens is 2. The molecule has 31 heavy (non-hydrogen) atoms. The van der Waals surface area contributed by atoms with Gasteiger partial charge in [0.05, 0.1) is 17.4 Å². The Balaban J connectivity index is 1.61. The Bertz CT molecular complexity index is 1060. The number of methoxy groups -OCH3 is 2. The van der Waals surface area contributed by atoms with Gasteiger partial charge in [0, 0.05) is 32.3 Å². The second-order valence-electron chi connectivity index (χ2n) is 7.76. The number of hydrogen-bond acceptors (Lipinski definition) is 7. The van der Waals surface area contributed by atoms with Gasteiger partial charge in [-0.2, -0.15) is 4.98 Å². The largest absolute Gasteiger partial charge is 0.480 e. The van der Waals surface area contributed by atoms with Gasteiger partial charge in [-0.15, -0.1) is 11.3 Å². The maximum Gasteiger partial charge on any atom is 0.261 e. The van der Waals surface area contributed by atoms with Crippen LogP contribution in [0.15, 0.2) is 30.3 Å². The van der Waals surface area contributed by atoms with Crippen molar-refractivity contribution < 1.29 is 19.0 Å². The molecule has 2 aromatic heterocycles. The molecule has 0 spiro atoms. The lowest BCUT2D eigenvalue weighted by atomic mass is 9.74. The maximum atomic E-state index is 13.2. The van der Waals surface area contributed by atoms with Gasteiger partial charge in [0.2, 0.25) is 5.88 Å². The number of hydrogen-bond donors (Lipinski definition) is 1. The van der Waals surface area contributed by atoms with Crippen LogP contribution < -0.4 is 10.1 Å². The molecule has 1 aliphatic heterocycles. The van der Waals surface area contributed by atoms with Crippen LogP contribution in [0.2, 0.25) is 0 Å². The van der Waals surface area contributed by atoms with Gasteiger partial charge in [0.15, 0.2) is 5.82 Å². The van der Waals surface area contributed by atoms with Crippen LogP contribution >= 0.6 is 11.3 Å². The Labute approximate surface area is 185 Å². The van der Waals surface area contributed by atoms with Crippen molar-refractivity contribution in [2.24, 2.45) is 0 Å². The molecule has 0 unspecified atom stereocenters. The lowest BCUT2D eigenvalue weighted by molar-refractivity contribution is 0.0487. The fourth-order valence-electron chi connectivity index (χ4n) is 4.15. The van der Waals surface area contributed by atoms with E-state index in [2.05, 4.69) is 27.4 Å². The second-order valence-corrected chi connectivity index (χ2v) is 8.76. The highest BCUT2D eigenvalue weighted by atomic mass is 32.1. The van der Waals surface area contributed by atoms with Crippen LogP contribution in [0.25, 0.3) is 10.2 Å². The normalized spacial score (nSPS) is 15.7. The second kappa shape index (κ2) is 9.30. The molecule has 7 nitrogen and oxygen atoms in total. The first-order valence-electron chi connectivity index (χ1n) is 10.3. The fraction of sp³-hybridized carbons (Fsp3) is 0.435. The van der Waals surface area contributed by atoms with E-state index in [1.165, 1.54) is 16.9 Å². The lowest BCUT2D eigenvalue weighted by Gasteiger charge is -2.38. The van der Waals surface area contributed by atoms with Gasteiger partial charge in [0.1, 0.15) is 11.4 Å². The Morgan fingerprint density at radius 3 is 2.61 bits per heavy atom. The molecule has 0 bridgehead atoms. The summed E-state index contributed by atoms with van der Waals surface area (Å²) in [5.41, 5.74) is 1.95. The number of aryl methyl sites for hydroxylation is 1. The quantitative estimate of drug-likeness (QED) is 0.603. The molecule has 0 radical (unpaired) electrons. The lowest BCUT2D eigenvalue weighted by Crippen LogP contribution is -2.44. The van der Waals surface area contributed by atoms with E-state index in [-0.39, 0.29) is 17.9 Å². The minimum absolute atomic E-state index is 0.0994. The molecule has 3 heterocycles. The molecule has 1 saturated heterocycles. The van der Waals surface area contributed by atoms with Crippen molar-refractivity contribution in [2.75, 3.05) is 34.0 Å². The van der Waals surface area contributed by atoms with Gasteiger partial charge in [-0.3, -0.25) is 4.79 Å². The summed E-state index contributed by atoms with van der Waals surface area (Å²) in [5.74, 6) is 0.901. The van der Waals surface area contributed by atoms with Gasteiger partial charge in [0.25, 0.3) is 5.91 Å². The first-order valence-corrected chi connectivity index (χ1v) is 11.1. The predicted octanol–water partition coefficient (Wildman–Crippen LogP) is 3.63. The number of amides is 1. The maximum absolute atomic E-state index is 13.2. The molecule has 1 aliphatic rings. The number of rotatable bonds is 7.